The number of allylic oxidation sites excluding steroid dienone is 1. The molecule has 176 valence electrons. The maximum atomic E-state index is 13.7. The second kappa shape index (κ2) is 10.0. The van der Waals surface area contributed by atoms with Crippen molar-refractivity contribution in [2.75, 3.05) is 20.0 Å². The molecule has 0 spiro atoms. The van der Waals surface area contributed by atoms with E-state index in [1.807, 2.05) is 61.7 Å². The molecule has 4 rings (SSSR count). The second-order valence-corrected chi connectivity index (χ2v) is 9.69. The van der Waals surface area contributed by atoms with Gasteiger partial charge in [0, 0.05) is 4.90 Å². The van der Waals surface area contributed by atoms with Gasteiger partial charge in [0.1, 0.15) is 5.75 Å². The maximum Gasteiger partial charge on any atom is 0.338 e. The normalized spacial score (nSPS) is 15.7. The number of thiazole rings is 1. The highest BCUT2D eigenvalue weighted by Crippen LogP contribution is 2.31. The molecule has 34 heavy (non-hydrogen) atoms. The van der Waals surface area contributed by atoms with Crippen LogP contribution in [-0.4, -0.2) is 30.5 Å². The lowest BCUT2D eigenvalue weighted by Crippen LogP contribution is -2.39. The van der Waals surface area contributed by atoms with Crippen LogP contribution in [0.2, 0.25) is 0 Å². The standard InChI is InChI=1S/C26H26N2O4S2/c1-6-32-25(30)22-16(3)27-26-28(23(22)18-9-11-19(33-5)12-10-18)24(29)21(34-26)14-17-8-7-15(2)20(13-17)31-4/h7-14,23H,6H2,1-5H3/b21-14+/t23-/m1/s1. The minimum Gasteiger partial charge on any atom is -0.496 e. The van der Waals surface area contributed by atoms with Crippen LogP contribution in [0.15, 0.2) is 68.4 Å². The molecule has 6 nitrogen and oxygen atoms in total. The molecule has 0 unspecified atom stereocenters. The molecule has 1 atom stereocenters. The number of hydrogen-bond acceptors (Lipinski definition) is 7. The largest absolute Gasteiger partial charge is 0.496 e. The van der Waals surface area contributed by atoms with Crippen LogP contribution < -0.4 is 19.6 Å². The number of methoxy groups -OCH3 is 1. The molecule has 8 heteroatoms. The Bertz CT molecular complexity index is 1450. The summed E-state index contributed by atoms with van der Waals surface area (Å²) in [6.45, 7) is 5.77. The zero-order chi connectivity index (χ0) is 24.4. The van der Waals surface area contributed by atoms with Gasteiger partial charge in [-0.3, -0.25) is 9.36 Å². The number of esters is 1. The van der Waals surface area contributed by atoms with E-state index in [2.05, 4.69) is 4.99 Å². The van der Waals surface area contributed by atoms with Crippen LogP contribution in [0.5, 0.6) is 5.75 Å². The molecule has 0 bridgehead atoms. The Labute approximate surface area is 206 Å². The molecule has 3 aromatic rings. The van der Waals surface area contributed by atoms with E-state index in [9.17, 15) is 9.59 Å². The fourth-order valence-corrected chi connectivity index (χ4v) is 5.43. The summed E-state index contributed by atoms with van der Waals surface area (Å²) < 4.78 is 12.9. The Kier molecular flexibility index (Phi) is 7.09. The molecule has 0 N–H and O–H groups in total. The molecule has 2 aromatic carbocycles. The summed E-state index contributed by atoms with van der Waals surface area (Å²) in [6.07, 6.45) is 3.84. The van der Waals surface area contributed by atoms with E-state index >= 15 is 0 Å². The van der Waals surface area contributed by atoms with Crippen molar-refractivity contribution in [1.29, 1.82) is 0 Å². The maximum absolute atomic E-state index is 13.7. The Morgan fingerprint density at radius 3 is 2.59 bits per heavy atom. The first kappa shape index (κ1) is 24.0. The van der Waals surface area contributed by atoms with Crippen LogP contribution in [0.4, 0.5) is 0 Å². The molecular weight excluding hydrogens is 468 g/mol. The van der Waals surface area contributed by atoms with Crippen molar-refractivity contribution in [2.24, 2.45) is 4.99 Å². The summed E-state index contributed by atoms with van der Waals surface area (Å²) in [4.78, 5) is 32.9. The van der Waals surface area contributed by atoms with Gasteiger partial charge in [-0.1, -0.05) is 35.6 Å². The topological polar surface area (TPSA) is 69.9 Å². The molecule has 1 aromatic heterocycles. The Balaban J connectivity index is 1.93. The van der Waals surface area contributed by atoms with Gasteiger partial charge in [0.25, 0.3) is 5.56 Å². The van der Waals surface area contributed by atoms with Crippen molar-refractivity contribution in [1.82, 2.24) is 4.57 Å². The lowest BCUT2D eigenvalue weighted by Gasteiger charge is -2.24. The van der Waals surface area contributed by atoms with Gasteiger partial charge < -0.3 is 9.47 Å². The van der Waals surface area contributed by atoms with Gasteiger partial charge >= 0.3 is 5.97 Å². The first-order valence-electron chi connectivity index (χ1n) is 10.9. The molecular formula is C26H26N2O4S2. The van der Waals surface area contributed by atoms with E-state index in [1.54, 1.807) is 37.3 Å². The van der Waals surface area contributed by atoms with Gasteiger partial charge in [0.2, 0.25) is 0 Å². The van der Waals surface area contributed by atoms with Crippen LogP contribution in [0, 0.1) is 6.92 Å². The van der Waals surface area contributed by atoms with Gasteiger partial charge in [-0.25, -0.2) is 9.79 Å². The highest BCUT2D eigenvalue weighted by Gasteiger charge is 2.33. The predicted molar refractivity (Wildman–Crippen MR) is 136 cm³/mol. The Hall–Kier alpha value is -3.10. The first-order chi connectivity index (χ1) is 16.4. The summed E-state index contributed by atoms with van der Waals surface area (Å²) in [7, 11) is 1.63. The fourth-order valence-electron chi connectivity index (χ4n) is 3.97. The number of rotatable bonds is 6. The summed E-state index contributed by atoms with van der Waals surface area (Å²) >= 11 is 2.94. The molecule has 0 saturated carbocycles. The van der Waals surface area contributed by atoms with Crippen LogP contribution in [-0.2, 0) is 9.53 Å². The number of aromatic nitrogens is 1. The SMILES string of the molecule is CCOC(=O)C1=C(C)N=c2s/c(=C/c3ccc(C)c(OC)c3)c(=O)n2[C@@H]1c1ccc(SC)cc1. The van der Waals surface area contributed by atoms with E-state index in [-0.39, 0.29) is 12.2 Å². The number of carbonyl (C=O) groups is 1. The first-order valence-corrected chi connectivity index (χ1v) is 12.9. The highest BCUT2D eigenvalue weighted by molar-refractivity contribution is 7.98. The van der Waals surface area contributed by atoms with Crippen LogP contribution in [0.1, 0.15) is 36.6 Å². The summed E-state index contributed by atoms with van der Waals surface area (Å²) in [5.41, 5.74) is 3.45. The van der Waals surface area contributed by atoms with Crippen molar-refractivity contribution in [3.05, 3.63) is 90.1 Å². The van der Waals surface area contributed by atoms with Gasteiger partial charge in [0.05, 0.1) is 35.6 Å². The monoisotopic (exact) mass is 494 g/mol. The third-order valence-corrected chi connectivity index (χ3v) is 7.40. The number of ether oxygens (including phenoxy) is 2. The molecule has 0 amide bonds. The van der Waals surface area contributed by atoms with Crippen LogP contribution in [0.3, 0.4) is 0 Å². The Morgan fingerprint density at radius 1 is 1.21 bits per heavy atom. The number of benzene rings is 2. The van der Waals surface area contributed by atoms with Crippen LogP contribution in [0.25, 0.3) is 6.08 Å². The van der Waals surface area contributed by atoms with Gasteiger partial charge in [-0.2, -0.15) is 0 Å². The summed E-state index contributed by atoms with van der Waals surface area (Å²) in [5.74, 6) is 0.300. The van der Waals surface area contributed by atoms with E-state index in [4.69, 9.17) is 9.47 Å². The highest BCUT2D eigenvalue weighted by atomic mass is 32.2. The summed E-state index contributed by atoms with van der Waals surface area (Å²) in [6, 6.07) is 13.1. The molecule has 2 heterocycles. The molecule has 0 saturated heterocycles. The number of carbonyl (C=O) groups excluding carboxylic acids is 1. The van der Waals surface area contributed by atoms with E-state index in [1.165, 1.54) is 11.3 Å². The number of nitrogens with zero attached hydrogens (tertiary/aromatic N) is 2. The smallest absolute Gasteiger partial charge is 0.338 e. The van der Waals surface area contributed by atoms with Crippen LogP contribution >= 0.6 is 23.1 Å². The molecule has 1 aliphatic heterocycles. The molecule has 1 aliphatic rings. The lowest BCUT2D eigenvalue weighted by atomic mass is 9.96. The number of hydrogen-bond donors (Lipinski definition) is 0. The van der Waals surface area contributed by atoms with Gasteiger partial charge in [-0.15, -0.1) is 11.8 Å². The number of fused-ring (bicyclic) bond motifs is 1. The van der Waals surface area contributed by atoms with Crippen molar-refractivity contribution >= 4 is 35.1 Å². The lowest BCUT2D eigenvalue weighted by molar-refractivity contribution is -0.139. The third-order valence-electron chi connectivity index (χ3n) is 5.68. The fraction of sp³-hybridized carbons (Fsp3) is 0.269. The van der Waals surface area contributed by atoms with E-state index in [0.29, 0.717) is 20.6 Å². The van der Waals surface area contributed by atoms with Gasteiger partial charge in [0.15, 0.2) is 4.80 Å². The van der Waals surface area contributed by atoms with Crippen molar-refractivity contribution in [3.63, 3.8) is 0 Å². The van der Waals surface area contributed by atoms with Gasteiger partial charge in [-0.05, 0) is 68.0 Å². The van der Waals surface area contributed by atoms with Crippen molar-refractivity contribution in [2.45, 2.75) is 31.7 Å². The average Bonchev–Trinajstić information content (AvgIpc) is 3.13. The molecule has 0 aliphatic carbocycles. The zero-order valence-electron chi connectivity index (χ0n) is 19.7. The van der Waals surface area contributed by atoms with E-state index in [0.717, 1.165) is 27.3 Å². The molecule has 0 fully saturated rings. The number of thioether (sulfide) groups is 1. The van der Waals surface area contributed by atoms with Crippen molar-refractivity contribution < 1.29 is 14.3 Å². The van der Waals surface area contributed by atoms with E-state index < -0.39 is 12.0 Å². The summed E-state index contributed by atoms with van der Waals surface area (Å²) in [5, 5.41) is 0. The van der Waals surface area contributed by atoms with Crippen molar-refractivity contribution in [3.8, 4) is 5.75 Å². The minimum absolute atomic E-state index is 0.198. The quantitative estimate of drug-likeness (QED) is 0.385. The third kappa shape index (κ3) is 4.48. The Morgan fingerprint density at radius 2 is 1.94 bits per heavy atom. The second-order valence-electron chi connectivity index (χ2n) is 7.80. The predicted octanol–water partition coefficient (Wildman–Crippen LogP) is 3.84. The minimum atomic E-state index is -0.610. The number of aryl methyl sites for hydroxylation is 1. The zero-order valence-corrected chi connectivity index (χ0v) is 21.4. The molecule has 0 radical (unpaired) electrons. The average molecular weight is 495 g/mol.